The number of primary sulfonamides is 1. The number of hydrogen-bond donors (Lipinski definition) is 3. The molecule has 10 heteroatoms. The maximum atomic E-state index is 13.1. The summed E-state index contributed by atoms with van der Waals surface area (Å²) < 4.78 is 29.6. The molecular weight excluding hydrogens is 520 g/mol. The molecule has 200 valence electrons. The topological polar surface area (TPSA) is 126 Å². The monoisotopic (exact) mass is 552 g/mol. The van der Waals surface area contributed by atoms with Crippen LogP contribution in [0.4, 0.5) is 4.79 Å². The van der Waals surface area contributed by atoms with Gasteiger partial charge in [0.1, 0.15) is 11.6 Å². The van der Waals surface area contributed by atoms with Crippen molar-refractivity contribution in [3.63, 3.8) is 0 Å². The quantitative estimate of drug-likeness (QED) is 0.174. The van der Waals surface area contributed by atoms with E-state index in [-0.39, 0.29) is 10.7 Å². The number of benzene rings is 3. The van der Waals surface area contributed by atoms with E-state index in [0.29, 0.717) is 46.9 Å². The highest BCUT2D eigenvalue weighted by Crippen LogP contribution is 2.28. The summed E-state index contributed by atoms with van der Waals surface area (Å²) in [7, 11) is -3.89. The van der Waals surface area contributed by atoms with Gasteiger partial charge >= 0.3 is 6.09 Å². The molecule has 0 atom stereocenters. The van der Waals surface area contributed by atoms with Gasteiger partial charge in [0.05, 0.1) is 9.88 Å². The number of sulfonamides is 1. The van der Waals surface area contributed by atoms with Crippen molar-refractivity contribution >= 4 is 39.2 Å². The predicted molar refractivity (Wildman–Crippen MR) is 154 cm³/mol. The third-order valence-electron chi connectivity index (χ3n) is 5.78. The zero-order valence-electron chi connectivity index (χ0n) is 21.4. The third-order valence-corrected chi connectivity index (χ3v) is 7.14. The molecule has 0 radical (unpaired) electrons. The summed E-state index contributed by atoms with van der Waals surface area (Å²) in [5.74, 6) is 0.548. The number of nitrogens with two attached hydrogens (primary N) is 1. The molecule has 0 aliphatic heterocycles. The van der Waals surface area contributed by atoms with E-state index in [0.717, 1.165) is 18.4 Å². The SMILES string of the molecule is CCCCN(Cc1cccc(C(=N)NC(=S)CC)c1)C(=O)Oc1ccc(-c2ccccc2S(N)(=O)=O)cc1. The van der Waals surface area contributed by atoms with Crippen LogP contribution in [0.3, 0.4) is 0 Å². The van der Waals surface area contributed by atoms with Gasteiger partial charge in [0.15, 0.2) is 0 Å². The summed E-state index contributed by atoms with van der Waals surface area (Å²) in [5.41, 5.74) is 2.64. The first-order valence-corrected chi connectivity index (χ1v) is 14.2. The average molecular weight is 553 g/mol. The van der Waals surface area contributed by atoms with E-state index in [1.165, 1.54) is 6.07 Å². The number of nitrogens with zero attached hydrogens (tertiary/aromatic N) is 1. The van der Waals surface area contributed by atoms with Crippen molar-refractivity contribution in [3.8, 4) is 16.9 Å². The lowest BCUT2D eigenvalue weighted by molar-refractivity contribution is 0.148. The highest BCUT2D eigenvalue weighted by molar-refractivity contribution is 7.89. The molecule has 3 aromatic carbocycles. The number of unbranched alkanes of at least 4 members (excludes halogenated alkanes) is 1. The number of rotatable bonds is 10. The molecule has 0 saturated carbocycles. The van der Waals surface area contributed by atoms with Crippen LogP contribution >= 0.6 is 12.2 Å². The summed E-state index contributed by atoms with van der Waals surface area (Å²) >= 11 is 5.18. The third kappa shape index (κ3) is 7.95. The second-order valence-electron chi connectivity index (χ2n) is 8.69. The Hall–Kier alpha value is -3.60. The largest absolute Gasteiger partial charge is 0.415 e. The number of amidine groups is 1. The molecular formula is C28H32N4O4S2. The van der Waals surface area contributed by atoms with Crippen molar-refractivity contribution in [1.29, 1.82) is 5.41 Å². The molecule has 0 spiro atoms. The van der Waals surface area contributed by atoms with E-state index in [4.69, 9.17) is 27.5 Å². The van der Waals surface area contributed by atoms with E-state index in [1.807, 2.05) is 38.1 Å². The lowest BCUT2D eigenvalue weighted by Crippen LogP contribution is -2.34. The van der Waals surface area contributed by atoms with Gasteiger partial charge in [-0.25, -0.2) is 18.4 Å². The fourth-order valence-electron chi connectivity index (χ4n) is 3.75. The Bertz CT molecular complexity index is 1410. The number of nitrogens with one attached hydrogen (secondary N) is 2. The molecule has 0 unspecified atom stereocenters. The maximum absolute atomic E-state index is 13.1. The Balaban J connectivity index is 1.75. The van der Waals surface area contributed by atoms with Crippen LogP contribution < -0.4 is 15.2 Å². The first kappa shape index (κ1) is 29.0. The Morgan fingerprint density at radius 2 is 1.76 bits per heavy atom. The first-order chi connectivity index (χ1) is 18.1. The van der Waals surface area contributed by atoms with Crippen LogP contribution in [0, 0.1) is 5.41 Å². The smallest absolute Gasteiger partial charge is 0.410 e. The highest BCUT2D eigenvalue weighted by Gasteiger charge is 2.18. The van der Waals surface area contributed by atoms with Crippen molar-refractivity contribution in [2.75, 3.05) is 6.54 Å². The molecule has 0 aliphatic rings. The van der Waals surface area contributed by atoms with Crippen LogP contribution in [0.1, 0.15) is 44.2 Å². The van der Waals surface area contributed by atoms with Gasteiger partial charge in [-0.05, 0) is 48.2 Å². The minimum atomic E-state index is -3.89. The summed E-state index contributed by atoms with van der Waals surface area (Å²) in [6.45, 7) is 4.80. The Morgan fingerprint density at radius 3 is 2.42 bits per heavy atom. The van der Waals surface area contributed by atoms with Gasteiger partial charge < -0.3 is 15.0 Å². The molecule has 0 saturated heterocycles. The molecule has 8 nitrogen and oxygen atoms in total. The molecule has 0 aromatic heterocycles. The number of thiocarbonyl (C=S) groups is 1. The lowest BCUT2D eigenvalue weighted by atomic mass is 10.1. The van der Waals surface area contributed by atoms with Crippen LogP contribution in [-0.2, 0) is 16.6 Å². The van der Waals surface area contributed by atoms with Crippen LogP contribution in [0.15, 0.2) is 77.7 Å². The maximum Gasteiger partial charge on any atom is 0.415 e. The van der Waals surface area contributed by atoms with Crippen LogP contribution in [0.5, 0.6) is 5.75 Å². The number of ether oxygens (including phenoxy) is 1. The second kappa shape index (κ2) is 13.3. The van der Waals surface area contributed by atoms with Gasteiger partial charge in [-0.15, -0.1) is 0 Å². The second-order valence-corrected chi connectivity index (χ2v) is 10.7. The molecule has 1 amide bonds. The van der Waals surface area contributed by atoms with Gasteiger partial charge in [-0.1, -0.05) is 81.0 Å². The Morgan fingerprint density at radius 1 is 1.05 bits per heavy atom. The van der Waals surface area contributed by atoms with Crippen molar-refractivity contribution in [2.24, 2.45) is 5.14 Å². The summed E-state index contributed by atoms with van der Waals surface area (Å²) in [6, 6.07) is 20.5. The van der Waals surface area contributed by atoms with Gasteiger partial charge in [0, 0.05) is 24.2 Å². The summed E-state index contributed by atoms with van der Waals surface area (Å²) in [4.78, 5) is 15.3. The molecule has 0 aliphatic carbocycles. The molecule has 3 aromatic rings. The molecule has 4 N–H and O–H groups in total. The fourth-order valence-corrected chi connectivity index (χ4v) is 4.61. The average Bonchev–Trinajstić information content (AvgIpc) is 2.91. The number of hydrogen-bond acceptors (Lipinski definition) is 6. The zero-order valence-corrected chi connectivity index (χ0v) is 23.1. The van der Waals surface area contributed by atoms with E-state index in [1.54, 1.807) is 47.4 Å². The highest BCUT2D eigenvalue weighted by atomic mass is 32.2. The number of carbonyl (C=O) groups is 1. The fraction of sp³-hybridized carbons (Fsp3) is 0.250. The van der Waals surface area contributed by atoms with E-state index >= 15 is 0 Å². The van der Waals surface area contributed by atoms with E-state index in [9.17, 15) is 13.2 Å². The van der Waals surface area contributed by atoms with Crippen molar-refractivity contribution < 1.29 is 17.9 Å². The van der Waals surface area contributed by atoms with Crippen LogP contribution in [0.25, 0.3) is 11.1 Å². The van der Waals surface area contributed by atoms with Crippen molar-refractivity contribution in [2.45, 2.75) is 44.6 Å². The summed E-state index contributed by atoms with van der Waals surface area (Å²) in [6.07, 6.45) is 1.86. The van der Waals surface area contributed by atoms with Gasteiger partial charge in [-0.2, -0.15) is 0 Å². The van der Waals surface area contributed by atoms with Gasteiger partial charge in [0.25, 0.3) is 0 Å². The van der Waals surface area contributed by atoms with E-state index in [2.05, 4.69) is 5.32 Å². The lowest BCUT2D eigenvalue weighted by Gasteiger charge is -2.22. The first-order valence-electron chi connectivity index (χ1n) is 12.3. The van der Waals surface area contributed by atoms with Gasteiger partial charge in [0.2, 0.25) is 10.0 Å². The standard InChI is InChI=1S/C28H32N4O4S2/c1-3-5-17-32(19-20-9-8-10-22(18-20)27(29)31-26(37)4-2)28(33)36-23-15-13-21(14-16-23)24-11-6-7-12-25(24)38(30,34)35/h6-16,18H,3-5,17,19H2,1-2H3,(H2,29,31,37)(H2,30,34,35). The van der Waals surface area contributed by atoms with Crippen molar-refractivity contribution in [3.05, 3.63) is 83.9 Å². The normalized spacial score (nSPS) is 11.0. The van der Waals surface area contributed by atoms with Gasteiger partial charge in [-0.3, -0.25) is 5.41 Å². The van der Waals surface area contributed by atoms with Crippen LogP contribution in [0.2, 0.25) is 0 Å². The number of amides is 1. The Kier molecular flexibility index (Phi) is 10.1. The van der Waals surface area contributed by atoms with E-state index < -0.39 is 16.1 Å². The van der Waals surface area contributed by atoms with Crippen LogP contribution in [-0.4, -0.2) is 36.8 Å². The Labute approximate surface area is 229 Å². The van der Waals surface area contributed by atoms with Crippen molar-refractivity contribution in [1.82, 2.24) is 10.2 Å². The minimum absolute atomic E-state index is 0.0255. The molecule has 3 rings (SSSR count). The summed E-state index contributed by atoms with van der Waals surface area (Å²) in [5, 5.41) is 16.5. The minimum Gasteiger partial charge on any atom is -0.410 e. The molecule has 0 heterocycles. The molecule has 0 bridgehead atoms. The predicted octanol–water partition coefficient (Wildman–Crippen LogP) is 5.45. The number of carbonyl (C=O) groups excluding carboxylic acids is 1. The zero-order chi connectivity index (χ0) is 27.7. The molecule has 0 fully saturated rings. The molecule has 38 heavy (non-hydrogen) atoms.